The maximum atomic E-state index is 13.8. The molecule has 4 aromatic carbocycles. The van der Waals surface area contributed by atoms with Crippen molar-refractivity contribution in [2.45, 2.75) is 122 Å². The van der Waals surface area contributed by atoms with Crippen LogP contribution in [0.25, 0.3) is 12.2 Å². The van der Waals surface area contributed by atoms with Gasteiger partial charge in [-0.1, -0.05) is 126 Å². The number of primary amides is 1. The van der Waals surface area contributed by atoms with E-state index in [0.29, 0.717) is 95.8 Å². The van der Waals surface area contributed by atoms with E-state index < -0.39 is 54.0 Å². The minimum absolute atomic E-state index is 0.113. The fraction of sp³-hybridized carbons (Fsp3) is 0.435. The minimum atomic E-state index is -0.886. The van der Waals surface area contributed by atoms with Crippen molar-refractivity contribution in [1.82, 2.24) is 42.1 Å². The van der Waals surface area contributed by atoms with Gasteiger partial charge in [-0.3, -0.25) is 33.6 Å². The summed E-state index contributed by atoms with van der Waals surface area (Å²) in [6.45, 7) is 11.4. The fourth-order valence-corrected chi connectivity index (χ4v) is 9.34. The zero-order valence-electron chi connectivity index (χ0n) is 47.8. The standard InChI is InChI=1S/C32H45N5O6.C30H38N4O5/c1-5-9-26(30(33)40)36-32(42)29(21(2)3)37-31(41)27(20-23-13-15-25(39)16-14-23)35-18-19-43-28-12-7-6-10-24(28)11-8-17-34-22(4)38;1-2-7-24-28(36)32-16-5-9-22-8-3-4-11-27(22)39-19-17-31-25(20-21-12-14-23(35)15-13-21)30(38)34-18-6-10-26(34)29(37)33-24/h6-8,10-16,21,26-27,29,35,39H,5,9,17-20H2,1-4H3,(H2,33,40)(H,34,38)(H,36,42)(H,37,41);3-5,8-9,11-15,24-26,31,35H,2,6-7,10,16-20H2,1H3,(H,32,36)(H,33,37)/b11-8+;9-5+/t26-,27+,29+;24-,25+,26+/m00/s1. The second-order valence-electron chi connectivity index (χ2n) is 20.5. The third-order valence-electron chi connectivity index (χ3n) is 13.7. The summed E-state index contributed by atoms with van der Waals surface area (Å²) < 4.78 is 12.0. The van der Waals surface area contributed by atoms with Crippen LogP contribution in [0.3, 0.4) is 0 Å². The number of nitrogens with two attached hydrogens (primary N) is 1. The second kappa shape index (κ2) is 34.1. The molecule has 0 saturated carbocycles. The first kappa shape index (κ1) is 64.6. The van der Waals surface area contributed by atoms with Gasteiger partial charge in [0.25, 0.3) is 0 Å². The zero-order valence-corrected chi connectivity index (χ0v) is 47.8. The highest BCUT2D eigenvalue weighted by molar-refractivity contribution is 5.94. The van der Waals surface area contributed by atoms with Gasteiger partial charge < -0.3 is 67.5 Å². The summed E-state index contributed by atoms with van der Waals surface area (Å²) >= 11 is 0. The molecule has 2 heterocycles. The number of hydrogen-bond donors (Lipinski definition) is 10. The van der Waals surface area contributed by atoms with Gasteiger partial charge in [0.1, 0.15) is 60.4 Å². The predicted molar refractivity (Wildman–Crippen MR) is 315 cm³/mol. The van der Waals surface area contributed by atoms with E-state index in [-0.39, 0.29) is 47.7 Å². The largest absolute Gasteiger partial charge is 0.508 e. The lowest BCUT2D eigenvalue weighted by Gasteiger charge is -2.30. The number of rotatable bonds is 22. The number of fused-ring (bicyclic) bond motifs is 2. The topological polar surface area (TPSA) is 292 Å². The highest BCUT2D eigenvalue weighted by Crippen LogP contribution is 2.23. The quantitative estimate of drug-likeness (QED) is 0.0489. The molecule has 0 aliphatic carbocycles. The number of para-hydroxylation sites is 2. The number of carbonyl (C=O) groups excluding carboxylic acids is 7. The van der Waals surface area contributed by atoms with E-state index in [1.807, 2.05) is 101 Å². The molecule has 82 heavy (non-hydrogen) atoms. The van der Waals surface area contributed by atoms with E-state index in [1.54, 1.807) is 53.4 Å². The number of benzene rings is 4. The molecule has 20 nitrogen and oxygen atoms in total. The number of nitrogens with zero attached hydrogens (tertiary/aromatic N) is 1. The molecule has 2 aliphatic heterocycles. The van der Waals surface area contributed by atoms with Crippen LogP contribution in [-0.2, 0) is 46.4 Å². The first-order valence-electron chi connectivity index (χ1n) is 28.3. The van der Waals surface area contributed by atoms with Gasteiger partial charge in [0, 0.05) is 50.8 Å². The van der Waals surface area contributed by atoms with Crippen LogP contribution in [0.5, 0.6) is 23.0 Å². The van der Waals surface area contributed by atoms with Crippen molar-refractivity contribution >= 4 is 53.5 Å². The molecule has 0 unspecified atom stereocenters. The molecule has 0 radical (unpaired) electrons. The van der Waals surface area contributed by atoms with Crippen molar-refractivity contribution in [3.8, 4) is 23.0 Å². The maximum absolute atomic E-state index is 13.8. The Kier molecular flexibility index (Phi) is 26.9. The van der Waals surface area contributed by atoms with Gasteiger partial charge in [-0.15, -0.1) is 0 Å². The SMILES string of the molecule is CCC[C@@H]1NC(=O)[C@H]2CCCN2C(=O)[C@@H](Cc2ccc(O)cc2)NCCOc2ccccc2/C=C/CNC1=O.CCC[C@H](NC(=O)[C@H](NC(=O)[C@@H](Cc1ccc(O)cc1)NCCOc1ccccc1/C=C/CNC(C)=O)C(C)C)C(N)=O. The molecule has 0 spiro atoms. The number of phenols is 2. The monoisotopic (exact) mass is 1130 g/mol. The second-order valence-corrected chi connectivity index (χ2v) is 20.5. The van der Waals surface area contributed by atoms with E-state index in [9.17, 15) is 43.8 Å². The molecule has 7 amide bonds. The number of nitrogens with one attached hydrogen (secondary N) is 7. The van der Waals surface area contributed by atoms with Gasteiger partial charge in [0.15, 0.2) is 0 Å². The Morgan fingerprint density at radius 3 is 2.22 bits per heavy atom. The molecule has 20 heteroatoms. The summed E-state index contributed by atoms with van der Waals surface area (Å²) in [5.74, 6) is -0.947. The molecule has 0 bridgehead atoms. The predicted octanol–water partition coefficient (Wildman–Crippen LogP) is 4.42. The van der Waals surface area contributed by atoms with Crippen LogP contribution in [-0.4, -0.2) is 139 Å². The summed E-state index contributed by atoms with van der Waals surface area (Å²) in [6.07, 6.45) is 11.7. The van der Waals surface area contributed by atoms with Crippen LogP contribution in [0.4, 0.5) is 0 Å². The van der Waals surface area contributed by atoms with Gasteiger partial charge in [-0.25, -0.2) is 0 Å². The third kappa shape index (κ3) is 21.3. The number of hydrogen-bond acceptors (Lipinski definition) is 13. The Balaban J connectivity index is 0.000000302. The number of ether oxygens (including phenoxy) is 2. The summed E-state index contributed by atoms with van der Waals surface area (Å²) in [5, 5.41) is 40.0. The Morgan fingerprint density at radius 1 is 0.841 bits per heavy atom. The molecule has 0 aromatic heterocycles. The lowest BCUT2D eigenvalue weighted by Crippen LogP contribution is -2.58. The molecule has 442 valence electrons. The van der Waals surface area contributed by atoms with Crippen molar-refractivity contribution in [3.63, 3.8) is 0 Å². The van der Waals surface area contributed by atoms with E-state index in [4.69, 9.17) is 15.2 Å². The molecule has 6 atom stereocenters. The lowest BCUT2D eigenvalue weighted by molar-refractivity contribution is -0.141. The van der Waals surface area contributed by atoms with Crippen molar-refractivity contribution < 1.29 is 53.2 Å². The molecular weight excluding hydrogens is 1050 g/mol. The molecule has 1 saturated heterocycles. The Labute approximate surface area is 481 Å². The maximum Gasteiger partial charge on any atom is 0.243 e. The van der Waals surface area contributed by atoms with Crippen molar-refractivity contribution in [2.24, 2.45) is 11.7 Å². The lowest BCUT2D eigenvalue weighted by atomic mass is 10.00. The fourth-order valence-electron chi connectivity index (χ4n) is 9.34. The van der Waals surface area contributed by atoms with Crippen molar-refractivity contribution in [1.29, 1.82) is 0 Å². The first-order chi connectivity index (χ1) is 39.5. The summed E-state index contributed by atoms with van der Waals surface area (Å²) in [7, 11) is 0. The number of phenolic OH excluding ortho intramolecular Hbond substituents is 2. The average molecular weight is 1130 g/mol. The molecule has 4 aromatic rings. The normalized spacial score (nSPS) is 18.3. The van der Waals surface area contributed by atoms with E-state index in [0.717, 1.165) is 28.7 Å². The van der Waals surface area contributed by atoms with Crippen LogP contribution in [0.1, 0.15) is 95.4 Å². The molecule has 11 N–H and O–H groups in total. The van der Waals surface area contributed by atoms with Crippen LogP contribution < -0.4 is 52.4 Å². The smallest absolute Gasteiger partial charge is 0.243 e. The molecular formula is C62H83N9O11. The Morgan fingerprint density at radius 2 is 1.54 bits per heavy atom. The summed E-state index contributed by atoms with van der Waals surface area (Å²) in [6, 6.07) is 24.1. The molecule has 6 rings (SSSR count). The van der Waals surface area contributed by atoms with Crippen molar-refractivity contribution in [3.05, 3.63) is 131 Å². The van der Waals surface area contributed by atoms with Crippen LogP contribution in [0.15, 0.2) is 109 Å². The number of aromatic hydroxyl groups is 2. The zero-order chi connectivity index (χ0) is 59.4. The van der Waals surface area contributed by atoms with Crippen molar-refractivity contribution in [2.75, 3.05) is 45.9 Å². The molecule has 1 fully saturated rings. The highest BCUT2D eigenvalue weighted by atomic mass is 16.5. The van der Waals surface area contributed by atoms with Gasteiger partial charge >= 0.3 is 0 Å². The van der Waals surface area contributed by atoms with E-state index in [2.05, 4.69) is 37.2 Å². The Bertz CT molecular complexity index is 2770. The van der Waals surface area contributed by atoms with Gasteiger partial charge in [-0.05, 0) is 92.0 Å². The van der Waals surface area contributed by atoms with Crippen LogP contribution in [0.2, 0.25) is 0 Å². The average Bonchev–Trinajstić information content (AvgIpc) is 4.17. The number of amides is 7. The Hall–Kier alpha value is -8.23. The van der Waals surface area contributed by atoms with Crippen LogP contribution in [0, 0.1) is 5.92 Å². The van der Waals surface area contributed by atoms with E-state index >= 15 is 0 Å². The van der Waals surface area contributed by atoms with Gasteiger partial charge in [0.2, 0.25) is 41.4 Å². The minimum Gasteiger partial charge on any atom is -0.508 e. The third-order valence-corrected chi connectivity index (χ3v) is 13.7. The van der Waals surface area contributed by atoms with Crippen LogP contribution >= 0.6 is 0 Å². The molecule has 2 aliphatic rings. The van der Waals surface area contributed by atoms with Gasteiger partial charge in [0.05, 0.1) is 12.1 Å². The number of carbonyl (C=O) groups is 7. The highest BCUT2D eigenvalue weighted by Gasteiger charge is 2.38. The first-order valence-corrected chi connectivity index (χ1v) is 28.3. The summed E-state index contributed by atoms with van der Waals surface area (Å²) in [4.78, 5) is 91.2. The van der Waals surface area contributed by atoms with E-state index in [1.165, 1.54) is 6.92 Å². The summed E-state index contributed by atoms with van der Waals surface area (Å²) in [5.41, 5.74) is 8.87. The van der Waals surface area contributed by atoms with Gasteiger partial charge in [-0.2, -0.15) is 0 Å².